The van der Waals surface area contributed by atoms with Crippen LogP contribution in [-0.2, 0) is 11.3 Å². The van der Waals surface area contributed by atoms with Crippen molar-refractivity contribution in [2.24, 2.45) is 0 Å². The van der Waals surface area contributed by atoms with E-state index in [2.05, 4.69) is 42.2 Å². The molecule has 1 saturated heterocycles. The van der Waals surface area contributed by atoms with Crippen LogP contribution in [-0.4, -0.2) is 55.5 Å². The number of halogens is 2. The number of hydrogen-bond acceptors (Lipinski definition) is 4. The lowest BCUT2D eigenvalue weighted by atomic mass is 10.1. The average Bonchev–Trinajstić information content (AvgIpc) is 2.87. The molecule has 1 amide bonds. The van der Waals surface area contributed by atoms with Crippen LogP contribution in [0.15, 0.2) is 66.7 Å². The van der Waals surface area contributed by atoms with Gasteiger partial charge in [0.05, 0.1) is 35.4 Å². The summed E-state index contributed by atoms with van der Waals surface area (Å²) in [5.74, 6) is 0.679. The van der Waals surface area contributed by atoms with Gasteiger partial charge in [0.25, 0.3) is 5.91 Å². The van der Waals surface area contributed by atoms with Crippen molar-refractivity contribution >= 4 is 29.1 Å². The van der Waals surface area contributed by atoms with E-state index in [4.69, 9.17) is 32.7 Å². The highest BCUT2D eigenvalue weighted by atomic mass is 35.5. The van der Waals surface area contributed by atoms with Gasteiger partial charge in [-0.15, -0.1) is 0 Å². The lowest BCUT2D eigenvalue weighted by Crippen LogP contribution is -2.49. The van der Waals surface area contributed by atoms with Crippen LogP contribution < -0.4 is 4.74 Å². The Kier molecular flexibility index (Phi) is 8.69. The Balaban J connectivity index is 1.42. The Morgan fingerprint density at radius 1 is 0.943 bits per heavy atom. The highest BCUT2D eigenvalue weighted by Gasteiger charge is 2.27. The molecule has 1 aliphatic rings. The van der Waals surface area contributed by atoms with E-state index >= 15 is 0 Å². The summed E-state index contributed by atoms with van der Waals surface area (Å²) in [6.07, 6.45) is -0.133. The molecule has 7 heteroatoms. The molecule has 0 saturated carbocycles. The number of hydrogen-bond donors (Lipinski definition) is 0. The minimum atomic E-state index is -0.133. The molecule has 0 spiro atoms. The van der Waals surface area contributed by atoms with Gasteiger partial charge < -0.3 is 14.4 Å². The van der Waals surface area contributed by atoms with Crippen LogP contribution in [0.25, 0.3) is 0 Å². The molecule has 1 aliphatic heterocycles. The SMILES string of the molecule is COc1cccc(C(CN2CCN(C(=O)c3c(Cl)cccc3Cl)CC2)OCc2ccc(C)cc2)c1. The first-order valence-electron chi connectivity index (χ1n) is 11.7. The summed E-state index contributed by atoms with van der Waals surface area (Å²) in [5.41, 5.74) is 3.80. The van der Waals surface area contributed by atoms with Crippen LogP contribution in [0.4, 0.5) is 0 Å². The fraction of sp³-hybridized carbons (Fsp3) is 0.321. The molecular formula is C28H30Cl2N2O3. The molecule has 0 aliphatic carbocycles. The molecule has 4 rings (SSSR count). The van der Waals surface area contributed by atoms with Gasteiger partial charge in [0.2, 0.25) is 0 Å². The molecule has 1 unspecified atom stereocenters. The van der Waals surface area contributed by atoms with Crippen LogP contribution >= 0.6 is 23.2 Å². The van der Waals surface area contributed by atoms with E-state index < -0.39 is 0 Å². The maximum Gasteiger partial charge on any atom is 0.256 e. The van der Waals surface area contributed by atoms with Gasteiger partial charge in [-0.25, -0.2) is 0 Å². The minimum Gasteiger partial charge on any atom is -0.497 e. The zero-order valence-corrected chi connectivity index (χ0v) is 21.6. The van der Waals surface area contributed by atoms with Crippen molar-refractivity contribution in [2.45, 2.75) is 19.6 Å². The smallest absolute Gasteiger partial charge is 0.256 e. The van der Waals surface area contributed by atoms with E-state index in [9.17, 15) is 4.79 Å². The monoisotopic (exact) mass is 512 g/mol. The van der Waals surface area contributed by atoms with Crippen LogP contribution in [0.1, 0.15) is 33.2 Å². The summed E-state index contributed by atoms with van der Waals surface area (Å²) in [6.45, 7) is 5.99. The Morgan fingerprint density at radius 2 is 1.60 bits per heavy atom. The standard InChI is InChI=1S/C28H30Cl2N2O3/c1-20-9-11-21(12-10-20)19-35-26(22-5-3-6-23(17-22)34-2)18-31-13-15-32(16-14-31)28(33)27-24(29)7-4-8-25(27)30/h3-12,17,26H,13-16,18-19H2,1-2H3. The molecule has 1 fully saturated rings. The first-order chi connectivity index (χ1) is 16.9. The Hall–Kier alpha value is -2.57. The molecule has 0 aromatic heterocycles. The molecule has 5 nitrogen and oxygen atoms in total. The highest BCUT2D eigenvalue weighted by Crippen LogP contribution is 2.28. The zero-order valence-electron chi connectivity index (χ0n) is 20.0. The Bertz CT molecular complexity index is 1120. The largest absolute Gasteiger partial charge is 0.497 e. The van der Waals surface area contributed by atoms with Crippen molar-refractivity contribution in [1.29, 1.82) is 0 Å². The lowest BCUT2D eigenvalue weighted by Gasteiger charge is -2.36. The summed E-state index contributed by atoms with van der Waals surface area (Å²) in [5, 5.41) is 0.764. The minimum absolute atomic E-state index is 0.125. The van der Waals surface area contributed by atoms with Crippen molar-refractivity contribution in [2.75, 3.05) is 39.8 Å². The fourth-order valence-corrected chi connectivity index (χ4v) is 4.76. The van der Waals surface area contributed by atoms with E-state index in [1.54, 1.807) is 25.3 Å². The summed E-state index contributed by atoms with van der Waals surface area (Å²) in [4.78, 5) is 17.2. The van der Waals surface area contributed by atoms with Gasteiger partial charge in [-0.05, 0) is 42.3 Å². The number of nitrogens with zero attached hydrogens (tertiary/aromatic N) is 2. The third-order valence-corrected chi connectivity index (χ3v) is 6.93. The van der Waals surface area contributed by atoms with Gasteiger partial charge in [0, 0.05) is 32.7 Å². The summed E-state index contributed by atoms with van der Waals surface area (Å²) >= 11 is 12.5. The third-order valence-electron chi connectivity index (χ3n) is 6.30. The Morgan fingerprint density at radius 3 is 2.26 bits per heavy atom. The van der Waals surface area contributed by atoms with Crippen LogP contribution in [0.5, 0.6) is 5.75 Å². The summed E-state index contributed by atoms with van der Waals surface area (Å²) in [7, 11) is 1.67. The molecule has 35 heavy (non-hydrogen) atoms. The van der Waals surface area contributed by atoms with E-state index in [0.717, 1.165) is 30.0 Å². The van der Waals surface area contributed by atoms with Crippen LogP contribution in [0.2, 0.25) is 10.0 Å². The van der Waals surface area contributed by atoms with Gasteiger partial charge >= 0.3 is 0 Å². The number of carbonyl (C=O) groups is 1. The predicted octanol–water partition coefficient (Wildman–Crippen LogP) is 6.03. The summed E-state index contributed by atoms with van der Waals surface area (Å²) in [6, 6.07) is 21.5. The number of carbonyl (C=O) groups excluding carboxylic acids is 1. The second-order valence-electron chi connectivity index (χ2n) is 8.75. The molecule has 0 bridgehead atoms. The molecule has 3 aromatic carbocycles. The van der Waals surface area contributed by atoms with E-state index in [0.29, 0.717) is 41.8 Å². The second kappa shape index (κ2) is 11.9. The zero-order chi connectivity index (χ0) is 24.8. The highest BCUT2D eigenvalue weighted by molar-refractivity contribution is 6.39. The van der Waals surface area contributed by atoms with E-state index in [1.807, 2.05) is 23.1 Å². The van der Waals surface area contributed by atoms with E-state index in [-0.39, 0.29) is 12.0 Å². The topological polar surface area (TPSA) is 42.0 Å². The number of benzene rings is 3. The number of methoxy groups -OCH3 is 1. The molecule has 0 N–H and O–H groups in total. The molecular weight excluding hydrogens is 483 g/mol. The molecule has 1 atom stereocenters. The first kappa shape index (κ1) is 25.5. The van der Waals surface area contributed by atoms with E-state index in [1.165, 1.54) is 5.56 Å². The van der Waals surface area contributed by atoms with Gasteiger partial charge in [-0.2, -0.15) is 0 Å². The van der Waals surface area contributed by atoms with Crippen molar-refractivity contribution in [3.05, 3.63) is 99.0 Å². The molecule has 0 radical (unpaired) electrons. The summed E-state index contributed by atoms with van der Waals surface area (Å²) < 4.78 is 11.9. The normalized spacial score (nSPS) is 15.1. The van der Waals surface area contributed by atoms with Gasteiger partial charge in [-0.3, -0.25) is 9.69 Å². The van der Waals surface area contributed by atoms with Gasteiger partial charge in [-0.1, -0.05) is 71.2 Å². The number of ether oxygens (including phenoxy) is 2. The van der Waals surface area contributed by atoms with Crippen LogP contribution in [0, 0.1) is 6.92 Å². The predicted molar refractivity (Wildman–Crippen MR) is 141 cm³/mol. The third kappa shape index (κ3) is 6.56. The number of piperazine rings is 1. The first-order valence-corrected chi connectivity index (χ1v) is 12.5. The van der Waals surface area contributed by atoms with Crippen LogP contribution in [0.3, 0.4) is 0 Å². The van der Waals surface area contributed by atoms with Crippen molar-refractivity contribution in [1.82, 2.24) is 9.80 Å². The molecule has 1 heterocycles. The number of rotatable bonds is 8. The maximum atomic E-state index is 13.0. The Labute approximate surface area is 217 Å². The van der Waals surface area contributed by atoms with Gasteiger partial charge in [0.1, 0.15) is 5.75 Å². The second-order valence-corrected chi connectivity index (χ2v) is 9.57. The van der Waals surface area contributed by atoms with Gasteiger partial charge in [0.15, 0.2) is 0 Å². The maximum absolute atomic E-state index is 13.0. The quantitative estimate of drug-likeness (QED) is 0.369. The average molecular weight is 513 g/mol. The fourth-order valence-electron chi connectivity index (χ4n) is 4.21. The van der Waals surface area contributed by atoms with Crippen molar-refractivity contribution < 1.29 is 14.3 Å². The number of aryl methyl sites for hydroxylation is 1. The molecule has 3 aromatic rings. The van der Waals surface area contributed by atoms with Crippen molar-refractivity contribution in [3.63, 3.8) is 0 Å². The lowest BCUT2D eigenvalue weighted by molar-refractivity contribution is 0.00334. The molecule has 184 valence electrons. The number of amides is 1. The van der Waals surface area contributed by atoms with Crippen molar-refractivity contribution in [3.8, 4) is 5.75 Å².